The summed E-state index contributed by atoms with van der Waals surface area (Å²) in [5.74, 6) is -0.266. The maximum absolute atomic E-state index is 12.3. The van der Waals surface area contributed by atoms with Crippen molar-refractivity contribution in [3.05, 3.63) is 0 Å². The normalized spacial score (nSPS) is 27.6. The van der Waals surface area contributed by atoms with E-state index in [1.54, 1.807) is 0 Å². The predicted octanol–water partition coefficient (Wildman–Crippen LogP) is 1.66. The number of carbonyl (C=O) groups excluding carboxylic acids is 1. The van der Waals surface area contributed by atoms with Crippen LogP contribution in [0.5, 0.6) is 0 Å². The largest absolute Gasteiger partial charge is 0.352 e. The molecule has 1 spiro atoms. The smallest absolute Gasteiger partial charge is 0.234 e. The lowest BCUT2D eigenvalue weighted by Gasteiger charge is -2.38. The molecule has 1 amide bonds. The van der Waals surface area contributed by atoms with Crippen LogP contribution in [0.3, 0.4) is 0 Å². The maximum Gasteiger partial charge on any atom is 0.234 e. The minimum absolute atomic E-state index is 0.164. The van der Waals surface area contributed by atoms with E-state index in [0.717, 1.165) is 38.8 Å². The Balaban J connectivity index is 1.45. The molecule has 0 aromatic carbocycles. The number of ether oxygens (including phenoxy) is 2. The zero-order valence-corrected chi connectivity index (χ0v) is 12.9. The van der Waals surface area contributed by atoms with E-state index in [0.29, 0.717) is 25.8 Å². The van der Waals surface area contributed by atoms with E-state index in [4.69, 9.17) is 9.47 Å². The lowest BCUT2D eigenvalue weighted by atomic mass is 10.0. The second kappa shape index (κ2) is 7.07. The quantitative estimate of drug-likeness (QED) is 0.805. The molecule has 3 fully saturated rings. The standard InChI is InChI=1S/C16H28N2O3/c19-15(17-14-6-3-1-2-4-7-14)12-18-9-5-8-16(13-18)20-10-11-21-16/h14H,1-13H2,(H,17,19). The summed E-state index contributed by atoms with van der Waals surface area (Å²) < 4.78 is 11.5. The van der Waals surface area contributed by atoms with Gasteiger partial charge in [0.1, 0.15) is 0 Å². The highest BCUT2D eigenvalue weighted by atomic mass is 16.7. The lowest BCUT2D eigenvalue weighted by molar-refractivity contribution is -0.189. The highest BCUT2D eigenvalue weighted by Crippen LogP contribution is 2.29. The minimum atomic E-state index is -0.430. The van der Waals surface area contributed by atoms with Crippen LogP contribution in [0.25, 0.3) is 0 Å². The molecule has 2 aliphatic heterocycles. The fraction of sp³-hybridized carbons (Fsp3) is 0.938. The molecule has 5 nitrogen and oxygen atoms in total. The average Bonchev–Trinajstić information content (AvgIpc) is 2.74. The molecule has 1 N–H and O–H groups in total. The molecule has 0 unspecified atom stereocenters. The van der Waals surface area contributed by atoms with E-state index in [2.05, 4.69) is 10.2 Å². The average molecular weight is 296 g/mol. The van der Waals surface area contributed by atoms with Crippen molar-refractivity contribution >= 4 is 5.91 Å². The van der Waals surface area contributed by atoms with Gasteiger partial charge < -0.3 is 14.8 Å². The van der Waals surface area contributed by atoms with Crippen LogP contribution >= 0.6 is 0 Å². The zero-order chi connectivity index (χ0) is 14.5. The molecule has 2 saturated heterocycles. The Bertz CT molecular complexity index is 347. The Kier molecular flexibility index (Phi) is 5.14. The summed E-state index contributed by atoms with van der Waals surface area (Å²) in [6.07, 6.45) is 9.40. The van der Waals surface area contributed by atoms with Crippen LogP contribution in [-0.4, -0.2) is 55.5 Å². The van der Waals surface area contributed by atoms with Crippen LogP contribution in [0.4, 0.5) is 0 Å². The van der Waals surface area contributed by atoms with Crippen LogP contribution in [0.2, 0.25) is 0 Å². The fourth-order valence-electron chi connectivity index (χ4n) is 3.84. The van der Waals surface area contributed by atoms with Crippen molar-refractivity contribution in [3.8, 4) is 0 Å². The van der Waals surface area contributed by atoms with E-state index < -0.39 is 5.79 Å². The first-order valence-corrected chi connectivity index (χ1v) is 8.55. The SMILES string of the molecule is O=C(CN1CCCC2(C1)OCCO2)NC1CCCCCC1. The van der Waals surface area contributed by atoms with Gasteiger partial charge in [0.2, 0.25) is 5.91 Å². The van der Waals surface area contributed by atoms with Crippen LogP contribution in [0.15, 0.2) is 0 Å². The summed E-state index contributed by atoms with van der Waals surface area (Å²) in [6.45, 7) is 3.53. The number of nitrogens with zero attached hydrogens (tertiary/aromatic N) is 1. The second-order valence-electron chi connectivity index (χ2n) is 6.68. The third-order valence-corrected chi connectivity index (χ3v) is 4.90. The van der Waals surface area contributed by atoms with E-state index >= 15 is 0 Å². The van der Waals surface area contributed by atoms with Crippen LogP contribution in [0, 0.1) is 0 Å². The summed E-state index contributed by atoms with van der Waals surface area (Å²) in [5, 5.41) is 3.22. The van der Waals surface area contributed by atoms with Gasteiger partial charge in [-0.15, -0.1) is 0 Å². The van der Waals surface area contributed by atoms with Crippen LogP contribution in [-0.2, 0) is 14.3 Å². The van der Waals surface area contributed by atoms with Crippen LogP contribution < -0.4 is 5.32 Å². The van der Waals surface area contributed by atoms with Crippen molar-refractivity contribution in [1.82, 2.24) is 10.2 Å². The Morgan fingerprint density at radius 1 is 1.10 bits per heavy atom. The van der Waals surface area contributed by atoms with Crippen LogP contribution in [0.1, 0.15) is 51.4 Å². The van der Waals surface area contributed by atoms with Crippen molar-refractivity contribution in [2.24, 2.45) is 0 Å². The number of hydrogen-bond donors (Lipinski definition) is 1. The molecule has 2 heterocycles. The molecule has 3 aliphatic rings. The van der Waals surface area contributed by atoms with Crippen molar-refractivity contribution in [3.63, 3.8) is 0 Å². The van der Waals surface area contributed by atoms with Gasteiger partial charge in [0.25, 0.3) is 0 Å². The molecule has 21 heavy (non-hydrogen) atoms. The molecular formula is C16H28N2O3. The first-order valence-electron chi connectivity index (χ1n) is 8.55. The predicted molar refractivity (Wildman–Crippen MR) is 79.9 cm³/mol. The van der Waals surface area contributed by atoms with E-state index in [-0.39, 0.29) is 5.91 Å². The zero-order valence-electron chi connectivity index (χ0n) is 12.9. The monoisotopic (exact) mass is 296 g/mol. The molecule has 0 radical (unpaired) electrons. The number of rotatable bonds is 3. The maximum atomic E-state index is 12.3. The summed E-state index contributed by atoms with van der Waals surface area (Å²) >= 11 is 0. The molecule has 0 aromatic heterocycles. The molecule has 5 heteroatoms. The van der Waals surface area contributed by atoms with Crippen molar-refractivity contribution < 1.29 is 14.3 Å². The molecule has 1 saturated carbocycles. The van der Waals surface area contributed by atoms with E-state index in [9.17, 15) is 4.79 Å². The highest BCUT2D eigenvalue weighted by Gasteiger charge is 2.41. The van der Waals surface area contributed by atoms with Crippen molar-refractivity contribution in [2.45, 2.75) is 63.2 Å². The summed E-state index contributed by atoms with van der Waals surface area (Å²) in [6, 6.07) is 0.387. The highest BCUT2D eigenvalue weighted by molar-refractivity contribution is 5.78. The molecule has 0 bridgehead atoms. The van der Waals surface area contributed by atoms with Crippen molar-refractivity contribution in [1.29, 1.82) is 0 Å². The van der Waals surface area contributed by atoms with Gasteiger partial charge in [0, 0.05) is 12.5 Å². The number of carbonyl (C=O) groups is 1. The van der Waals surface area contributed by atoms with Gasteiger partial charge in [0.05, 0.1) is 26.3 Å². The number of amides is 1. The molecule has 120 valence electrons. The first kappa shape index (κ1) is 15.3. The third kappa shape index (κ3) is 4.18. The van der Waals surface area contributed by atoms with Gasteiger partial charge in [-0.05, 0) is 25.8 Å². The summed E-state index contributed by atoms with van der Waals surface area (Å²) in [5.41, 5.74) is 0. The Labute approximate surface area is 127 Å². The summed E-state index contributed by atoms with van der Waals surface area (Å²) in [7, 11) is 0. The minimum Gasteiger partial charge on any atom is -0.352 e. The number of likely N-dealkylation sites (tertiary alicyclic amines) is 1. The molecule has 1 aliphatic carbocycles. The van der Waals surface area contributed by atoms with Gasteiger partial charge >= 0.3 is 0 Å². The topological polar surface area (TPSA) is 50.8 Å². The first-order chi connectivity index (χ1) is 10.3. The summed E-state index contributed by atoms with van der Waals surface area (Å²) in [4.78, 5) is 14.4. The van der Waals surface area contributed by atoms with Gasteiger partial charge in [-0.3, -0.25) is 9.69 Å². The van der Waals surface area contributed by atoms with Gasteiger partial charge in [0.15, 0.2) is 5.79 Å². The number of piperidine rings is 1. The Morgan fingerprint density at radius 2 is 1.81 bits per heavy atom. The fourth-order valence-corrected chi connectivity index (χ4v) is 3.84. The van der Waals surface area contributed by atoms with Gasteiger partial charge in [-0.2, -0.15) is 0 Å². The number of hydrogen-bond acceptors (Lipinski definition) is 4. The van der Waals surface area contributed by atoms with E-state index in [1.165, 1.54) is 25.7 Å². The van der Waals surface area contributed by atoms with E-state index in [1.807, 2.05) is 0 Å². The molecule has 3 rings (SSSR count). The third-order valence-electron chi connectivity index (χ3n) is 4.90. The molecular weight excluding hydrogens is 268 g/mol. The van der Waals surface area contributed by atoms with Gasteiger partial charge in [-0.1, -0.05) is 25.7 Å². The van der Waals surface area contributed by atoms with Crippen molar-refractivity contribution in [2.75, 3.05) is 32.8 Å². The molecule has 0 atom stereocenters. The van der Waals surface area contributed by atoms with Gasteiger partial charge in [-0.25, -0.2) is 0 Å². The molecule has 0 aromatic rings. The Hall–Kier alpha value is -0.650. The second-order valence-corrected chi connectivity index (χ2v) is 6.68. The Morgan fingerprint density at radius 3 is 2.52 bits per heavy atom. The lowest BCUT2D eigenvalue weighted by Crippen LogP contribution is -2.52. The number of nitrogens with one attached hydrogen (secondary N) is 1.